The van der Waals surface area contributed by atoms with E-state index >= 15 is 0 Å². The Bertz CT molecular complexity index is 922. The maximum absolute atomic E-state index is 12.1. The van der Waals surface area contributed by atoms with Crippen LogP contribution in [0.4, 0.5) is 0 Å². The largest absolute Gasteiger partial charge is 0.291 e. The molecule has 5 nitrogen and oxygen atoms in total. The van der Waals surface area contributed by atoms with E-state index < -0.39 is 0 Å². The van der Waals surface area contributed by atoms with Gasteiger partial charge >= 0.3 is 0 Å². The highest BCUT2D eigenvalue weighted by Crippen LogP contribution is 2.26. The van der Waals surface area contributed by atoms with Gasteiger partial charge in [-0.2, -0.15) is 10.2 Å². The molecule has 1 aromatic carbocycles. The van der Waals surface area contributed by atoms with Gasteiger partial charge in [-0.15, -0.1) is 11.3 Å². The molecule has 0 saturated heterocycles. The van der Waals surface area contributed by atoms with Gasteiger partial charge in [0.2, 0.25) is 0 Å². The predicted molar refractivity (Wildman–Crippen MR) is 103 cm³/mol. The molecular formula is C19H18N4OS. The van der Waals surface area contributed by atoms with E-state index in [1.54, 1.807) is 23.6 Å². The van der Waals surface area contributed by atoms with Crippen LogP contribution >= 0.6 is 11.3 Å². The van der Waals surface area contributed by atoms with Crippen molar-refractivity contribution in [2.45, 2.75) is 13.8 Å². The minimum atomic E-state index is -0.348. The van der Waals surface area contributed by atoms with E-state index in [0.29, 0.717) is 5.69 Å². The normalized spacial score (nSPS) is 11.8. The van der Waals surface area contributed by atoms with E-state index in [1.165, 1.54) is 4.88 Å². The zero-order chi connectivity index (χ0) is 17.6. The molecule has 25 heavy (non-hydrogen) atoms. The molecule has 2 N–H and O–H groups in total. The smallest absolute Gasteiger partial charge is 0.276 e. The van der Waals surface area contributed by atoms with Gasteiger partial charge < -0.3 is 0 Å². The molecule has 0 spiro atoms. The average Bonchev–Trinajstić information content (AvgIpc) is 3.24. The maximum Gasteiger partial charge on any atom is 0.291 e. The second-order valence-corrected chi connectivity index (χ2v) is 6.86. The number of H-pyrrole nitrogens is 1. The molecule has 126 valence electrons. The molecule has 0 aliphatic rings. The number of amides is 1. The number of aromatic nitrogens is 2. The fourth-order valence-corrected chi connectivity index (χ4v) is 3.08. The Morgan fingerprint density at radius 2 is 2.04 bits per heavy atom. The number of hydrogen-bond acceptors (Lipinski definition) is 4. The first-order valence-electron chi connectivity index (χ1n) is 7.81. The summed E-state index contributed by atoms with van der Waals surface area (Å²) >= 11 is 1.65. The van der Waals surface area contributed by atoms with E-state index in [1.807, 2.05) is 62.4 Å². The molecule has 1 amide bonds. The van der Waals surface area contributed by atoms with Crippen LogP contribution in [0.1, 0.15) is 27.9 Å². The Labute approximate surface area is 150 Å². The maximum atomic E-state index is 12.1. The molecule has 2 heterocycles. The van der Waals surface area contributed by atoms with Gasteiger partial charge in [0.05, 0.1) is 16.8 Å². The molecule has 0 saturated carbocycles. The van der Waals surface area contributed by atoms with Crippen molar-refractivity contribution in [3.63, 3.8) is 0 Å². The lowest BCUT2D eigenvalue weighted by atomic mass is 10.1. The summed E-state index contributed by atoms with van der Waals surface area (Å²) in [5, 5.41) is 10.9. The molecule has 3 rings (SSSR count). The van der Waals surface area contributed by atoms with E-state index in [2.05, 4.69) is 20.7 Å². The molecule has 0 fully saturated rings. The van der Waals surface area contributed by atoms with Gasteiger partial charge in [-0.05, 0) is 43.2 Å². The summed E-state index contributed by atoms with van der Waals surface area (Å²) < 4.78 is 0. The van der Waals surface area contributed by atoms with Gasteiger partial charge in [0.25, 0.3) is 5.91 Å². The number of hydrogen-bond donors (Lipinski definition) is 2. The monoisotopic (exact) mass is 350 g/mol. The summed E-state index contributed by atoms with van der Waals surface area (Å²) in [4.78, 5) is 14.4. The van der Waals surface area contributed by atoms with E-state index in [-0.39, 0.29) is 5.91 Å². The highest BCUT2D eigenvalue weighted by atomic mass is 32.1. The molecule has 0 atom stereocenters. The summed E-state index contributed by atoms with van der Waals surface area (Å²) in [6.07, 6.45) is 3.60. The SMILES string of the molecule is CC(/C=N\NC(=O)c1cc(-c2ccc(C)s2)[nH]n1)=C\c1ccccc1. The third-order valence-corrected chi connectivity index (χ3v) is 4.48. The van der Waals surface area contributed by atoms with Crippen LogP contribution in [0.25, 0.3) is 16.6 Å². The van der Waals surface area contributed by atoms with Crippen molar-refractivity contribution in [3.8, 4) is 10.6 Å². The van der Waals surface area contributed by atoms with Gasteiger partial charge in [-0.25, -0.2) is 5.43 Å². The predicted octanol–water partition coefficient (Wildman–Crippen LogP) is 4.27. The highest BCUT2D eigenvalue weighted by Gasteiger charge is 2.11. The zero-order valence-electron chi connectivity index (χ0n) is 14.0. The van der Waals surface area contributed by atoms with Crippen molar-refractivity contribution < 1.29 is 4.79 Å². The zero-order valence-corrected chi connectivity index (χ0v) is 14.8. The minimum absolute atomic E-state index is 0.308. The van der Waals surface area contributed by atoms with Crippen molar-refractivity contribution in [1.82, 2.24) is 15.6 Å². The summed E-state index contributed by atoms with van der Waals surface area (Å²) in [6.45, 7) is 3.96. The summed E-state index contributed by atoms with van der Waals surface area (Å²) in [5.74, 6) is -0.348. The first kappa shape index (κ1) is 16.9. The molecule has 2 aromatic heterocycles. The number of aryl methyl sites for hydroxylation is 1. The Morgan fingerprint density at radius 3 is 2.76 bits per heavy atom. The minimum Gasteiger partial charge on any atom is -0.276 e. The molecular weight excluding hydrogens is 332 g/mol. The van der Waals surface area contributed by atoms with Gasteiger partial charge in [0, 0.05) is 4.88 Å². The Balaban J connectivity index is 1.61. The molecule has 0 unspecified atom stereocenters. The van der Waals surface area contributed by atoms with E-state index in [9.17, 15) is 4.79 Å². The Kier molecular flexibility index (Phi) is 5.20. The average molecular weight is 350 g/mol. The number of nitrogens with zero attached hydrogens (tertiary/aromatic N) is 2. The molecule has 0 aliphatic heterocycles. The summed E-state index contributed by atoms with van der Waals surface area (Å²) in [5.41, 5.74) is 5.65. The lowest BCUT2D eigenvalue weighted by Crippen LogP contribution is -2.17. The number of allylic oxidation sites excluding steroid dienone is 1. The number of rotatable bonds is 5. The fourth-order valence-electron chi connectivity index (χ4n) is 2.24. The lowest BCUT2D eigenvalue weighted by Gasteiger charge is -1.96. The van der Waals surface area contributed by atoms with Crippen LogP contribution in [-0.4, -0.2) is 22.3 Å². The third-order valence-electron chi connectivity index (χ3n) is 3.44. The number of aromatic amines is 1. The standard InChI is InChI=1S/C19H18N4OS/c1-13(10-15-6-4-3-5-7-15)12-20-23-19(24)17-11-16(21-22-17)18-9-8-14(2)25-18/h3-12H,1-2H3,(H,21,22)(H,23,24)/b13-10+,20-12-. The van der Waals surface area contributed by atoms with E-state index in [0.717, 1.165) is 21.7 Å². The first-order chi connectivity index (χ1) is 12.1. The lowest BCUT2D eigenvalue weighted by molar-refractivity contribution is 0.0950. The quantitative estimate of drug-likeness (QED) is 0.533. The first-order valence-corrected chi connectivity index (χ1v) is 8.62. The van der Waals surface area contributed by atoms with Gasteiger partial charge in [0.1, 0.15) is 0 Å². The highest BCUT2D eigenvalue weighted by molar-refractivity contribution is 7.15. The Morgan fingerprint density at radius 1 is 1.24 bits per heavy atom. The summed E-state index contributed by atoms with van der Waals surface area (Å²) in [6, 6.07) is 15.7. The van der Waals surface area contributed by atoms with Crippen LogP contribution in [0.3, 0.4) is 0 Å². The molecule has 0 bridgehead atoms. The van der Waals surface area contributed by atoms with Crippen molar-refractivity contribution in [1.29, 1.82) is 0 Å². The second-order valence-electron chi connectivity index (χ2n) is 5.58. The van der Waals surface area contributed by atoms with Crippen LogP contribution in [0, 0.1) is 6.92 Å². The van der Waals surface area contributed by atoms with Crippen LogP contribution in [0.5, 0.6) is 0 Å². The number of thiophene rings is 1. The molecule has 0 aliphatic carbocycles. The van der Waals surface area contributed by atoms with Crippen molar-refractivity contribution in [2.75, 3.05) is 0 Å². The third kappa shape index (κ3) is 4.51. The van der Waals surface area contributed by atoms with Crippen LogP contribution in [0.2, 0.25) is 0 Å². The van der Waals surface area contributed by atoms with Gasteiger partial charge in [-0.3, -0.25) is 9.89 Å². The van der Waals surface area contributed by atoms with Gasteiger partial charge in [0.15, 0.2) is 5.69 Å². The number of hydrazone groups is 1. The number of nitrogens with one attached hydrogen (secondary N) is 2. The van der Waals surface area contributed by atoms with Crippen molar-refractivity contribution >= 4 is 29.5 Å². The molecule has 6 heteroatoms. The van der Waals surface area contributed by atoms with Crippen molar-refractivity contribution in [3.05, 3.63) is 70.2 Å². The molecule has 0 radical (unpaired) electrons. The fraction of sp³-hybridized carbons (Fsp3) is 0.105. The Hall–Kier alpha value is -2.99. The van der Waals surface area contributed by atoms with Gasteiger partial charge in [-0.1, -0.05) is 36.4 Å². The van der Waals surface area contributed by atoms with Crippen LogP contribution in [0.15, 0.2) is 59.2 Å². The van der Waals surface area contributed by atoms with E-state index in [4.69, 9.17) is 0 Å². The summed E-state index contributed by atoms with van der Waals surface area (Å²) in [7, 11) is 0. The number of carbonyl (C=O) groups excluding carboxylic acids is 1. The van der Waals surface area contributed by atoms with Crippen LogP contribution < -0.4 is 5.43 Å². The topological polar surface area (TPSA) is 70.1 Å². The second kappa shape index (κ2) is 7.72. The number of carbonyl (C=O) groups is 1. The van der Waals surface area contributed by atoms with Crippen molar-refractivity contribution in [2.24, 2.45) is 5.10 Å². The van der Waals surface area contributed by atoms with Crippen LogP contribution in [-0.2, 0) is 0 Å². The number of benzene rings is 1. The molecule has 3 aromatic rings.